The Hall–Kier alpha value is -5.96. The summed E-state index contributed by atoms with van der Waals surface area (Å²) in [6.45, 7) is 4.48. The molecule has 0 unspecified atom stereocenters. The van der Waals surface area contributed by atoms with Gasteiger partial charge < -0.3 is 46.6 Å². The number of aryl methyl sites for hydroxylation is 1. The van der Waals surface area contributed by atoms with Gasteiger partial charge in [-0.15, -0.1) is 0 Å². The highest BCUT2D eigenvalue weighted by Gasteiger charge is 2.54. The Bertz CT molecular complexity index is 2110. The number of rotatable bonds is 19. The number of hydrogen-bond acceptors (Lipinski definition) is 9. The molecule has 2 saturated carbocycles. The number of amides is 5. The minimum Gasteiger partial charge on any atom is -0.508 e. The molecule has 15 heteroatoms. The third-order valence-electron chi connectivity index (χ3n) is 13.2. The Morgan fingerprint density at radius 1 is 0.746 bits per heavy atom. The number of nitrogens with one attached hydrogen (secondary N) is 5. The van der Waals surface area contributed by atoms with Crippen LogP contribution in [-0.4, -0.2) is 94.8 Å². The topological polar surface area (TPSA) is 232 Å². The molecule has 3 aliphatic carbocycles. The molecule has 0 heterocycles. The molecule has 0 spiro atoms. The largest absolute Gasteiger partial charge is 0.508 e. The molecule has 3 aromatic rings. The second kappa shape index (κ2) is 20.9. The summed E-state index contributed by atoms with van der Waals surface area (Å²) in [5.74, 6) is -2.49. The molecule has 0 saturated heterocycles. The van der Waals surface area contributed by atoms with Gasteiger partial charge in [-0.25, -0.2) is 4.79 Å². The molecule has 0 bridgehead atoms. The number of aliphatic hydroxyl groups is 1. The van der Waals surface area contributed by atoms with Gasteiger partial charge in [0.2, 0.25) is 23.6 Å². The molecule has 5 amide bonds. The Balaban J connectivity index is 1.01. The first-order valence-electron chi connectivity index (χ1n) is 22.0. The van der Waals surface area contributed by atoms with Crippen LogP contribution in [0.4, 0.5) is 0 Å². The standard InChI is InChI=1S/C48H61N5O10/c1-28(2)21-40(47(61)62)53-46(60)39(22-29-7-5-4-6-8-29)51-43(57)26-49-42(56)25-50-45(59)38(23-30-9-12-32(54)13-10-30)52-44(58)27-63-33-14-16-34-31(24-33)11-15-36-35(34)19-20-48(3)37(36)17-18-41(48)55/h4-10,12-14,16,24,28,35-41,54-55H,11,15,17-23,25-27H2,1-3H3,(H,49,56)(H,50,59)(H,51,57)(H,52,58)(H,53,60)(H,61,62)/t35-,36-,37+,38-,39-,40-,41+,48+/m1/s1. The Morgan fingerprint density at radius 3 is 2.11 bits per heavy atom. The van der Waals surface area contributed by atoms with Crippen molar-refractivity contribution in [2.45, 2.75) is 109 Å². The number of aromatic hydroxyl groups is 1. The smallest absolute Gasteiger partial charge is 0.326 e. The Kier molecular flexibility index (Phi) is 15.5. The molecule has 0 aromatic heterocycles. The van der Waals surface area contributed by atoms with Gasteiger partial charge in [0, 0.05) is 12.8 Å². The predicted octanol–water partition coefficient (Wildman–Crippen LogP) is 3.29. The van der Waals surface area contributed by atoms with Crippen LogP contribution in [0.15, 0.2) is 72.8 Å². The zero-order valence-electron chi connectivity index (χ0n) is 36.2. The summed E-state index contributed by atoms with van der Waals surface area (Å²) in [6.07, 6.45) is 6.00. The lowest BCUT2D eigenvalue weighted by atomic mass is 9.55. The van der Waals surface area contributed by atoms with Gasteiger partial charge >= 0.3 is 5.97 Å². The summed E-state index contributed by atoms with van der Waals surface area (Å²) in [7, 11) is 0. The molecule has 338 valence electrons. The summed E-state index contributed by atoms with van der Waals surface area (Å²) in [5, 5.41) is 42.9. The summed E-state index contributed by atoms with van der Waals surface area (Å²) >= 11 is 0. The lowest BCUT2D eigenvalue weighted by Gasteiger charge is -2.50. The number of phenolic OH excluding ortho intramolecular Hbond substituents is 1. The van der Waals surface area contributed by atoms with Gasteiger partial charge in [-0.3, -0.25) is 24.0 Å². The normalized spacial score (nSPS) is 22.5. The molecule has 8 atom stereocenters. The van der Waals surface area contributed by atoms with E-state index in [1.165, 1.54) is 23.3 Å². The number of carbonyl (C=O) groups is 6. The van der Waals surface area contributed by atoms with Crippen LogP contribution < -0.4 is 31.3 Å². The highest BCUT2D eigenvalue weighted by Crippen LogP contribution is 2.61. The number of ether oxygens (including phenoxy) is 1. The van der Waals surface area contributed by atoms with Crippen molar-refractivity contribution in [1.82, 2.24) is 26.6 Å². The highest BCUT2D eigenvalue weighted by molar-refractivity contribution is 5.94. The molecule has 2 fully saturated rings. The summed E-state index contributed by atoms with van der Waals surface area (Å²) in [5.41, 5.74) is 3.88. The fourth-order valence-corrected chi connectivity index (χ4v) is 9.88. The van der Waals surface area contributed by atoms with Crippen LogP contribution in [0.1, 0.15) is 87.5 Å². The molecule has 3 aliphatic rings. The molecule has 3 aromatic carbocycles. The molecule has 8 N–H and O–H groups in total. The van der Waals surface area contributed by atoms with Gasteiger partial charge in [-0.05, 0) is 121 Å². The number of carboxylic acids is 1. The summed E-state index contributed by atoms with van der Waals surface area (Å²) in [6, 6.07) is 17.6. The van der Waals surface area contributed by atoms with E-state index in [9.17, 15) is 44.1 Å². The lowest BCUT2D eigenvalue weighted by molar-refractivity contribution is -0.142. The first-order chi connectivity index (χ1) is 30.1. The van der Waals surface area contributed by atoms with Crippen LogP contribution in [0.2, 0.25) is 0 Å². The van der Waals surface area contributed by atoms with Crippen molar-refractivity contribution in [1.29, 1.82) is 0 Å². The van der Waals surface area contributed by atoms with E-state index in [2.05, 4.69) is 39.6 Å². The maximum absolute atomic E-state index is 13.5. The zero-order valence-corrected chi connectivity index (χ0v) is 36.2. The quantitative estimate of drug-likeness (QED) is 0.0877. The minimum absolute atomic E-state index is 0.00289. The molecular weight excluding hydrogens is 807 g/mol. The van der Waals surface area contributed by atoms with E-state index >= 15 is 0 Å². The number of hydrogen-bond donors (Lipinski definition) is 8. The summed E-state index contributed by atoms with van der Waals surface area (Å²) in [4.78, 5) is 77.7. The molecule has 63 heavy (non-hydrogen) atoms. The van der Waals surface area contributed by atoms with Crippen molar-refractivity contribution in [2.75, 3.05) is 19.7 Å². The minimum atomic E-state index is -1.20. The van der Waals surface area contributed by atoms with Gasteiger partial charge in [0.25, 0.3) is 5.91 Å². The van der Waals surface area contributed by atoms with E-state index in [0.29, 0.717) is 29.1 Å². The number of carbonyl (C=O) groups excluding carboxylic acids is 5. The van der Waals surface area contributed by atoms with Gasteiger partial charge in [0.15, 0.2) is 6.61 Å². The Morgan fingerprint density at radius 2 is 1.41 bits per heavy atom. The van der Waals surface area contributed by atoms with E-state index in [-0.39, 0.29) is 49.1 Å². The van der Waals surface area contributed by atoms with E-state index in [1.54, 1.807) is 42.5 Å². The fraction of sp³-hybridized carbons (Fsp3) is 0.500. The van der Waals surface area contributed by atoms with Crippen LogP contribution in [0, 0.1) is 23.2 Å². The number of carboxylic acid groups (broad SMARTS) is 1. The van der Waals surface area contributed by atoms with Crippen molar-refractivity contribution in [3.63, 3.8) is 0 Å². The average Bonchev–Trinajstić information content (AvgIpc) is 3.57. The monoisotopic (exact) mass is 867 g/mol. The number of benzene rings is 3. The van der Waals surface area contributed by atoms with E-state index in [4.69, 9.17) is 4.74 Å². The number of fused-ring (bicyclic) bond motifs is 5. The number of phenols is 1. The highest BCUT2D eigenvalue weighted by atomic mass is 16.5. The van der Waals surface area contributed by atoms with Crippen LogP contribution in [0.25, 0.3) is 0 Å². The fourth-order valence-electron chi connectivity index (χ4n) is 9.88. The molecule has 6 rings (SSSR count). The van der Waals surface area contributed by atoms with Crippen LogP contribution in [-0.2, 0) is 48.0 Å². The van der Waals surface area contributed by atoms with Gasteiger partial charge in [-0.1, -0.05) is 69.3 Å². The second-order valence-electron chi connectivity index (χ2n) is 18.0. The second-order valence-corrected chi connectivity index (χ2v) is 18.0. The molecule has 0 radical (unpaired) electrons. The maximum atomic E-state index is 13.5. The maximum Gasteiger partial charge on any atom is 0.326 e. The predicted molar refractivity (Wildman–Crippen MR) is 233 cm³/mol. The van der Waals surface area contributed by atoms with Crippen molar-refractivity contribution >= 4 is 35.5 Å². The zero-order chi connectivity index (χ0) is 45.3. The molecule has 15 nitrogen and oxygen atoms in total. The SMILES string of the molecule is CC(C)C[C@@H](NC(=O)[C@@H](Cc1ccccc1)NC(=O)CNC(=O)CNC(=O)[C@@H](Cc1ccc(O)cc1)NC(=O)COc1ccc2c(c1)CC[C@@H]1[C@@H]2CC[C@]2(C)[C@@H](O)CC[C@@H]12)C(=O)O. The lowest BCUT2D eigenvalue weighted by Crippen LogP contribution is -2.54. The van der Waals surface area contributed by atoms with Crippen molar-refractivity contribution < 1.29 is 48.8 Å². The van der Waals surface area contributed by atoms with Crippen molar-refractivity contribution in [3.8, 4) is 11.5 Å². The number of aliphatic hydroxyl groups excluding tert-OH is 1. The van der Waals surface area contributed by atoms with E-state index in [0.717, 1.165) is 44.1 Å². The first-order valence-corrected chi connectivity index (χ1v) is 22.0. The molecular formula is C48H61N5O10. The van der Waals surface area contributed by atoms with Crippen LogP contribution >= 0.6 is 0 Å². The third-order valence-corrected chi connectivity index (χ3v) is 13.2. The first kappa shape index (κ1) is 46.5. The number of aliphatic carboxylic acids is 1. The molecule has 0 aliphatic heterocycles. The third kappa shape index (κ3) is 12.2. The van der Waals surface area contributed by atoms with Crippen molar-refractivity contribution in [3.05, 3.63) is 95.1 Å². The van der Waals surface area contributed by atoms with Gasteiger partial charge in [0.05, 0.1) is 19.2 Å². The van der Waals surface area contributed by atoms with Crippen LogP contribution in [0.3, 0.4) is 0 Å². The Labute approximate surface area is 368 Å². The van der Waals surface area contributed by atoms with Crippen LogP contribution in [0.5, 0.6) is 11.5 Å². The van der Waals surface area contributed by atoms with Gasteiger partial charge in [0.1, 0.15) is 29.6 Å². The van der Waals surface area contributed by atoms with Crippen molar-refractivity contribution in [2.24, 2.45) is 23.2 Å². The van der Waals surface area contributed by atoms with E-state index in [1.807, 2.05) is 26.0 Å². The average molecular weight is 868 g/mol. The summed E-state index contributed by atoms with van der Waals surface area (Å²) < 4.78 is 5.93. The van der Waals surface area contributed by atoms with Gasteiger partial charge in [-0.2, -0.15) is 0 Å². The van der Waals surface area contributed by atoms with E-state index < -0.39 is 66.7 Å².